The van der Waals surface area contributed by atoms with Gasteiger partial charge in [0.1, 0.15) is 5.75 Å². The number of benzene rings is 3. The normalized spacial score (nSPS) is 12.8. The summed E-state index contributed by atoms with van der Waals surface area (Å²) in [4.78, 5) is 27.0. The number of H-pyrrole nitrogens is 1. The zero-order chi connectivity index (χ0) is 22.2. The molecule has 0 radical (unpaired) electrons. The number of nitrogens with one attached hydrogen (secondary N) is 1. The van der Waals surface area contributed by atoms with Gasteiger partial charge in [0.15, 0.2) is 0 Å². The zero-order valence-corrected chi connectivity index (χ0v) is 18.0. The SMILES string of the molecule is COc1cc(C)c2c(c1)CCN2C(=O)Cc1ccc(-c2n[nH]c(=O)c3ccccc23)cc1. The molecule has 1 amide bonds. The summed E-state index contributed by atoms with van der Waals surface area (Å²) in [5.74, 6) is 0.909. The van der Waals surface area contributed by atoms with Crippen molar-refractivity contribution in [2.75, 3.05) is 18.6 Å². The average Bonchev–Trinajstić information content (AvgIpc) is 3.25. The number of nitrogens with zero attached hydrogens (tertiary/aromatic N) is 2. The fourth-order valence-corrected chi connectivity index (χ4v) is 4.49. The Morgan fingerprint density at radius 3 is 2.59 bits per heavy atom. The van der Waals surface area contributed by atoms with Crippen LogP contribution in [0.5, 0.6) is 5.75 Å². The van der Waals surface area contributed by atoms with Crippen molar-refractivity contribution >= 4 is 22.4 Å². The lowest BCUT2D eigenvalue weighted by Gasteiger charge is -2.20. The van der Waals surface area contributed by atoms with E-state index in [1.165, 1.54) is 0 Å². The minimum atomic E-state index is -0.203. The number of carbonyl (C=O) groups excluding carboxylic acids is 1. The van der Waals surface area contributed by atoms with Crippen molar-refractivity contribution in [1.82, 2.24) is 10.2 Å². The fourth-order valence-electron chi connectivity index (χ4n) is 4.49. The Balaban J connectivity index is 1.39. The first-order valence-corrected chi connectivity index (χ1v) is 10.6. The number of aromatic amines is 1. The molecular weight excluding hydrogens is 402 g/mol. The van der Waals surface area contributed by atoms with Crippen molar-refractivity contribution < 1.29 is 9.53 Å². The highest BCUT2D eigenvalue weighted by Crippen LogP contribution is 2.35. The van der Waals surface area contributed by atoms with Crippen LogP contribution < -0.4 is 15.2 Å². The number of hydrogen-bond acceptors (Lipinski definition) is 4. The third kappa shape index (κ3) is 3.43. The quantitative estimate of drug-likeness (QED) is 0.536. The summed E-state index contributed by atoms with van der Waals surface area (Å²) in [6.07, 6.45) is 1.16. The molecule has 3 aromatic carbocycles. The highest BCUT2D eigenvalue weighted by molar-refractivity contribution is 5.98. The minimum Gasteiger partial charge on any atom is -0.497 e. The van der Waals surface area contributed by atoms with E-state index in [1.807, 2.05) is 66.4 Å². The lowest BCUT2D eigenvalue weighted by atomic mass is 10.0. The number of ether oxygens (including phenoxy) is 1. The third-order valence-corrected chi connectivity index (χ3v) is 6.04. The Bertz CT molecular complexity index is 1390. The van der Waals surface area contributed by atoms with E-state index in [1.54, 1.807) is 13.2 Å². The number of hydrogen-bond donors (Lipinski definition) is 1. The van der Waals surface area contributed by atoms with Crippen LogP contribution in [0.1, 0.15) is 16.7 Å². The monoisotopic (exact) mass is 425 g/mol. The van der Waals surface area contributed by atoms with Crippen LogP contribution in [-0.4, -0.2) is 29.8 Å². The predicted molar refractivity (Wildman–Crippen MR) is 125 cm³/mol. The number of amides is 1. The van der Waals surface area contributed by atoms with Crippen LogP contribution in [-0.2, 0) is 17.6 Å². The molecule has 1 N–H and O–H groups in total. The van der Waals surface area contributed by atoms with Crippen molar-refractivity contribution in [3.63, 3.8) is 0 Å². The smallest absolute Gasteiger partial charge is 0.272 e. The van der Waals surface area contributed by atoms with Crippen LogP contribution in [0.3, 0.4) is 0 Å². The molecule has 160 valence electrons. The molecule has 6 nitrogen and oxygen atoms in total. The van der Waals surface area contributed by atoms with E-state index in [0.29, 0.717) is 18.4 Å². The summed E-state index contributed by atoms with van der Waals surface area (Å²) in [6, 6.07) is 19.2. The molecule has 0 spiro atoms. The first-order valence-electron chi connectivity index (χ1n) is 10.6. The van der Waals surface area contributed by atoms with Crippen molar-refractivity contribution in [2.45, 2.75) is 19.8 Å². The summed E-state index contributed by atoms with van der Waals surface area (Å²) in [6.45, 7) is 2.71. The molecular formula is C26H23N3O3. The largest absolute Gasteiger partial charge is 0.497 e. The number of carbonyl (C=O) groups is 1. The van der Waals surface area contributed by atoms with Gasteiger partial charge in [-0.2, -0.15) is 5.10 Å². The Morgan fingerprint density at radius 2 is 1.84 bits per heavy atom. The molecule has 0 unspecified atom stereocenters. The Labute approximate surface area is 185 Å². The number of rotatable bonds is 4. The van der Waals surface area contributed by atoms with Crippen molar-refractivity contribution in [3.05, 3.63) is 87.7 Å². The second-order valence-electron chi connectivity index (χ2n) is 8.07. The fraction of sp³-hybridized carbons (Fsp3) is 0.192. The van der Waals surface area contributed by atoms with Crippen LogP contribution in [0.25, 0.3) is 22.0 Å². The molecule has 4 aromatic rings. The van der Waals surface area contributed by atoms with E-state index in [4.69, 9.17) is 4.74 Å². The molecule has 6 heteroatoms. The first-order chi connectivity index (χ1) is 15.5. The van der Waals surface area contributed by atoms with E-state index in [9.17, 15) is 9.59 Å². The van der Waals surface area contributed by atoms with Gasteiger partial charge in [0.2, 0.25) is 5.91 Å². The van der Waals surface area contributed by atoms with E-state index < -0.39 is 0 Å². The maximum atomic E-state index is 13.1. The van der Waals surface area contributed by atoms with Gasteiger partial charge >= 0.3 is 0 Å². The molecule has 1 aromatic heterocycles. The third-order valence-electron chi connectivity index (χ3n) is 6.04. The number of fused-ring (bicyclic) bond motifs is 2. The Hall–Kier alpha value is -3.93. The molecule has 0 atom stereocenters. The van der Waals surface area contributed by atoms with Crippen LogP contribution in [0.15, 0.2) is 65.5 Å². The van der Waals surface area contributed by atoms with Crippen LogP contribution in [0.2, 0.25) is 0 Å². The first kappa shape index (κ1) is 20.0. The second-order valence-corrected chi connectivity index (χ2v) is 8.07. The molecule has 1 aliphatic heterocycles. The second kappa shape index (κ2) is 7.96. The maximum Gasteiger partial charge on any atom is 0.272 e. The number of aromatic nitrogens is 2. The Morgan fingerprint density at radius 1 is 1.09 bits per heavy atom. The lowest BCUT2D eigenvalue weighted by molar-refractivity contribution is -0.117. The molecule has 0 saturated heterocycles. The molecule has 0 bridgehead atoms. The van der Waals surface area contributed by atoms with Crippen molar-refractivity contribution in [3.8, 4) is 17.0 Å². The number of aryl methyl sites for hydroxylation is 1. The minimum absolute atomic E-state index is 0.0809. The van der Waals surface area contributed by atoms with Crippen LogP contribution >= 0.6 is 0 Å². The highest BCUT2D eigenvalue weighted by atomic mass is 16.5. The van der Waals surface area contributed by atoms with Gasteiger partial charge in [-0.05, 0) is 48.2 Å². The summed E-state index contributed by atoms with van der Waals surface area (Å²) in [7, 11) is 1.66. The zero-order valence-electron chi connectivity index (χ0n) is 18.0. The van der Waals surface area contributed by atoms with E-state index in [2.05, 4.69) is 10.2 Å². The number of methoxy groups -OCH3 is 1. The molecule has 1 aliphatic rings. The summed E-state index contributed by atoms with van der Waals surface area (Å²) in [5, 5.41) is 8.24. The van der Waals surface area contributed by atoms with Gasteiger partial charge in [-0.3, -0.25) is 9.59 Å². The van der Waals surface area contributed by atoms with Crippen LogP contribution in [0.4, 0.5) is 5.69 Å². The van der Waals surface area contributed by atoms with Gasteiger partial charge in [0.05, 0.1) is 30.3 Å². The molecule has 32 heavy (non-hydrogen) atoms. The number of anilines is 1. The Kier molecular flexibility index (Phi) is 4.98. The van der Waals surface area contributed by atoms with Crippen molar-refractivity contribution in [1.29, 1.82) is 0 Å². The highest BCUT2D eigenvalue weighted by Gasteiger charge is 2.27. The van der Waals surface area contributed by atoms with Gasteiger partial charge < -0.3 is 9.64 Å². The average molecular weight is 425 g/mol. The van der Waals surface area contributed by atoms with E-state index >= 15 is 0 Å². The molecule has 0 fully saturated rings. The van der Waals surface area contributed by atoms with Gasteiger partial charge in [0.25, 0.3) is 5.56 Å². The van der Waals surface area contributed by atoms with E-state index in [-0.39, 0.29) is 11.5 Å². The molecule has 2 heterocycles. The van der Waals surface area contributed by atoms with Gasteiger partial charge in [-0.25, -0.2) is 5.10 Å². The summed E-state index contributed by atoms with van der Waals surface area (Å²) >= 11 is 0. The van der Waals surface area contributed by atoms with Crippen molar-refractivity contribution in [2.24, 2.45) is 0 Å². The van der Waals surface area contributed by atoms with Gasteiger partial charge in [-0.15, -0.1) is 0 Å². The lowest BCUT2D eigenvalue weighted by Crippen LogP contribution is -2.30. The van der Waals surface area contributed by atoms with Crippen LogP contribution in [0, 0.1) is 6.92 Å². The van der Waals surface area contributed by atoms with E-state index in [0.717, 1.165) is 51.2 Å². The van der Waals surface area contributed by atoms with Gasteiger partial charge in [0, 0.05) is 17.5 Å². The molecule has 5 rings (SSSR count). The van der Waals surface area contributed by atoms with Gasteiger partial charge in [-0.1, -0.05) is 42.5 Å². The predicted octanol–water partition coefficient (Wildman–Crippen LogP) is 4.04. The maximum absolute atomic E-state index is 13.1. The molecule has 0 aliphatic carbocycles. The topological polar surface area (TPSA) is 75.3 Å². The standard InChI is InChI=1S/C26H23N3O3/c1-16-13-20(32-2)15-19-11-12-29(25(16)19)23(30)14-17-7-9-18(10-8-17)24-21-5-3-4-6-22(21)26(31)28-27-24/h3-10,13,15H,11-12,14H2,1-2H3,(H,28,31). The molecule has 0 saturated carbocycles. The summed E-state index contributed by atoms with van der Waals surface area (Å²) < 4.78 is 5.36. The summed E-state index contributed by atoms with van der Waals surface area (Å²) in [5.41, 5.74) is 5.56.